The summed E-state index contributed by atoms with van der Waals surface area (Å²) < 4.78 is 45.3. The molecule has 0 saturated heterocycles. The molecule has 1 aromatic rings. The SMILES string of the molecule is CCCCOCCCN=C(N)Nc1ccc(OC(F)(F)F)cc1. The summed E-state index contributed by atoms with van der Waals surface area (Å²) in [4.78, 5) is 4.11. The molecule has 0 saturated carbocycles. The minimum absolute atomic E-state index is 0.197. The summed E-state index contributed by atoms with van der Waals surface area (Å²) in [6.45, 7) is 3.99. The molecule has 3 N–H and O–H groups in total. The molecule has 23 heavy (non-hydrogen) atoms. The van der Waals surface area contributed by atoms with E-state index < -0.39 is 6.36 Å². The largest absolute Gasteiger partial charge is 0.573 e. The van der Waals surface area contributed by atoms with Crippen LogP contribution in [0.25, 0.3) is 0 Å². The molecule has 0 bridgehead atoms. The predicted octanol–water partition coefficient (Wildman–Crippen LogP) is 3.52. The Kier molecular flexibility index (Phi) is 8.25. The average Bonchev–Trinajstić information content (AvgIpc) is 2.47. The molecule has 5 nitrogen and oxygen atoms in total. The van der Waals surface area contributed by atoms with E-state index >= 15 is 0 Å². The van der Waals surface area contributed by atoms with Gasteiger partial charge in [-0.2, -0.15) is 0 Å². The summed E-state index contributed by atoms with van der Waals surface area (Å²) >= 11 is 0. The van der Waals surface area contributed by atoms with Crippen molar-refractivity contribution in [1.82, 2.24) is 0 Å². The molecule has 0 atom stereocenters. The average molecular weight is 333 g/mol. The van der Waals surface area contributed by atoms with E-state index in [0.29, 0.717) is 18.8 Å². The summed E-state index contributed by atoms with van der Waals surface area (Å²) in [5.41, 5.74) is 6.22. The van der Waals surface area contributed by atoms with Crippen molar-refractivity contribution in [2.75, 3.05) is 25.1 Å². The van der Waals surface area contributed by atoms with E-state index in [9.17, 15) is 13.2 Å². The summed E-state index contributed by atoms with van der Waals surface area (Å²) in [6, 6.07) is 5.25. The molecule has 130 valence electrons. The third-order valence-corrected chi connectivity index (χ3v) is 2.73. The van der Waals surface area contributed by atoms with Crippen molar-refractivity contribution in [3.05, 3.63) is 24.3 Å². The zero-order valence-electron chi connectivity index (χ0n) is 13.0. The molecule has 0 spiro atoms. The van der Waals surface area contributed by atoms with Gasteiger partial charge in [-0.05, 0) is 37.1 Å². The van der Waals surface area contributed by atoms with Crippen LogP contribution < -0.4 is 15.8 Å². The normalized spacial score (nSPS) is 12.3. The number of nitrogens with two attached hydrogens (primary N) is 1. The van der Waals surface area contributed by atoms with Crippen LogP contribution in [0.3, 0.4) is 0 Å². The van der Waals surface area contributed by atoms with Crippen molar-refractivity contribution < 1.29 is 22.6 Å². The molecule has 0 aromatic heterocycles. The number of anilines is 1. The lowest BCUT2D eigenvalue weighted by Gasteiger charge is -2.10. The number of unbranched alkanes of at least 4 members (excludes halogenated alkanes) is 1. The Morgan fingerprint density at radius 1 is 1.17 bits per heavy atom. The van der Waals surface area contributed by atoms with E-state index in [1.54, 1.807) is 0 Å². The summed E-state index contributed by atoms with van der Waals surface area (Å²) in [5.74, 6) is -0.0918. The van der Waals surface area contributed by atoms with Gasteiger partial charge in [0.1, 0.15) is 5.75 Å². The molecule has 8 heteroatoms. The number of nitrogens with one attached hydrogen (secondary N) is 1. The number of nitrogens with zero attached hydrogens (tertiary/aromatic N) is 1. The lowest BCUT2D eigenvalue weighted by Crippen LogP contribution is -2.23. The smallest absolute Gasteiger partial charge is 0.406 e. The van der Waals surface area contributed by atoms with Gasteiger partial charge in [0.15, 0.2) is 5.96 Å². The fraction of sp³-hybridized carbons (Fsp3) is 0.533. The van der Waals surface area contributed by atoms with Gasteiger partial charge < -0.3 is 20.5 Å². The summed E-state index contributed by atoms with van der Waals surface area (Å²) in [5, 5.41) is 2.79. The lowest BCUT2D eigenvalue weighted by atomic mass is 10.3. The van der Waals surface area contributed by atoms with Gasteiger partial charge >= 0.3 is 6.36 Å². The maximum Gasteiger partial charge on any atom is 0.573 e. The zero-order chi connectivity index (χ0) is 17.1. The fourth-order valence-electron chi connectivity index (χ4n) is 1.64. The number of rotatable bonds is 9. The quantitative estimate of drug-likeness (QED) is 0.412. The summed E-state index contributed by atoms with van der Waals surface area (Å²) in [6.07, 6.45) is -1.80. The number of benzene rings is 1. The van der Waals surface area contributed by atoms with Crippen molar-refractivity contribution in [2.24, 2.45) is 10.7 Å². The molecule has 0 aliphatic rings. The Balaban J connectivity index is 2.30. The van der Waals surface area contributed by atoms with Gasteiger partial charge in [-0.3, -0.25) is 4.99 Å². The first-order valence-electron chi connectivity index (χ1n) is 7.41. The van der Waals surface area contributed by atoms with Gasteiger partial charge in [0.05, 0.1) is 0 Å². The third-order valence-electron chi connectivity index (χ3n) is 2.73. The van der Waals surface area contributed by atoms with E-state index in [1.165, 1.54) is 24.3 Å². The minimum Gasteiger partial charge on any atom is -0.406 e. The summed E-state index contributed by atoms with van der Waals surface area (Å²) in [7, 11) is 0. The van der Waals surface area contributed by atoms with Crippen LogP contribution in [0.5, 0.6) is 5.75 Å². The van der Waals surface area contributed by atoms with E-state index in [0.717, 1.165) is 25.9 Å². The lowest BCUT2D eigenvalue weighted by molar-refractivity contribution is -0.274. The first-order chi connectivity index (χ1) is 10.9. The molecule has 0 aliphatic heterocycles. The van der Waals surface area contributed by atoms with Gasteiger partial charge in [0.25, 0.3) is 0 Å². The highest BCUT2D eigenvalue weighted by atomic mass is 19.4. The topological polar surface area (TPSA) is 68.9 Å². The Morgan fingerprint density at radius 3 is 2.43 bits per heavy atom. The van der Waals surface area contributed by atoms with Crippen molar-refractivity contribution in [3.8, 4) is 5.75 Å². The molecule has 1 rings (SSSR count). The van der Waals surface area contributed by atoms with E-state index in [2.05, 4.69) is 22.0 Å². The highest BCUT2D eigenvalue weighted by molar-refractivity contribution is 5.92. The van der Waals surface area contributed by atoms with Gasteiger partial charge in [-0.1, -0.05) is 13.3 Å². The van der Waals surface area contributed by atoms with Gasteiger partial charge in [-0.25, -0.2) is 0 Å². The second-order valence-corrected chi connectivity index (χ2v) is 4.78. The Labute approximate surface area is 133 Å². The third kappa shape index (κ3) is 9.62. The first kappa shape index (κ1) is 19.1. The second kappa shape index (κ2) is 9.94. The van der Waals surface area contributed by atoms with E-state index in [1.807, 2.05) is 0 Å². The number of guanidine groups is 1. The Morgan fingerprint density at radius 2 is 1.83 bits per heavy atom. The maximum absolute atomic E-state index is 12.0. The first-order valence-corrected chi connectivity index (χ1v) is 7.41. The van der Waals surface area contributed by atoms with E-state index in [4.69, 9.17) is 10.5 Å². The number of alkyl halides is 3. The van der Waals surface area contributed by atoms with E-state index in [-0.39, 0.29) is 11.7 Å². The minimum atomic E-state index is -4.70. The van der Waals surface area contributed by atoms with Crippen molar-refractivity contribution in [1.29, 1.82) is 0 Å². The highest BCUT2D eigenvalue weighted by Crippen LogP contribution is 2.23. The Hall–Kier alpha value is -1.96. The van der Waals surface area contributed by atoms with Crippen molar-refractivity contribution in [2.45, 2.75) is 32.5 Å². The van der Waals surface area contributed by atoms with Crippen LogP contribution in [-0.4, -0.2) is 32.1 Å². The molecule has 0 unspecified atom stereocenters. The van der Waals surface area contributed by atoms with Crippen molar-refractivity contribution >= 4 is 11.6 Å². The maximum atomic E-state index is 12.0. The van der Waals surface area contributed by atoms with Crippen LogP contribution >= 0.6 is 0 Å². The molecule has 0 aliphatic carbocycles. The standard InChI is InChI=1S/C15H22F3N3O2/c1-2-3-10-22-11-4-9-20-14(19)21-12-5-7-13(8-6-12)23-15(16,17)18/h5-8H,2-4,9-11H2,1H3,(H3,19,20,21). The van der Waals surface area contributed by atoms with Crippen LogP contribution in [0.2, 0.25) is 0 Å². The number of aliphatic imine (C=N–C) groups is 1. The van der Waals surface area contributed by atoms with Crippen LogP contribution in [-0.2, 0) is 4.74 Å². The predicted molar refractivity (Wildman–Crippen MR) is 83.6 cm³/mol. The molecule has 0 amide bonds. The zero-order valence-corrected chi connectivity index (χ0v) is 13.0. The van der Waals surface area contributed by atoms with Gasteiger partial charge in [0, 0.05) is 25.4 Å². The monoisotopic (exact) mass is 333 g/mol. The number of ether oxygens (including phenoxy) is 2. The molecule has 0 fully saturated rings. The van der Waals surface area contributed by atoms with Gasteiger partial charge in [-0.15, -0.1) is 13.2 Å². The molecule has 0 radical (unpaired) electrons. The second-order valence-electron chi connectivity index (χ2n) is 4.78. The fourth-order valence-corrected chi connectivity index (χ4v) is 1.64. The Bertz CT molecular complexity index is 476. The highest BCUT2D eigenvalue weighted by Gasteiger charge is 2.30. The van der Waals surface area contributed by atoms with Crippen molar-refractivity contribution in [3.63, 3.8) is 0 Å². The molecular weight excluding hydrogens is 311 g/mol. The number of hydrogen-bond donors (Lipinski definition) is 2. The molecular formula is C15H22F3N3O2. The molecule has 1 aromatic carbocycles. The van der Waals surface area contributed by atoms with Crippen LogP contribution in [0.1, 0.15) is 26.2 Å². The van der Waals surface area contributed by atoms with Crippen LogP contribution in [0.4, 0.5) is 18.9 Å². The van der Waals surface area contributed by atoms with Crippen LogP contribution in [0, 0.1) is 0 Å². The molecule has 0 heterocycles. The van der Waals surface area contributed by atoms with Gasteiger partial charge in [0.2, 0.25) is 0 Å². The number of halogens is 3. The van der Waals surface area contributed by atoms with Crippen LogP contribution in [0.15, 0.2) is 29.3 Å². The number of hydrogen-bond acceptors (Lipinski definition) is 3.